The number of hydrogen-bond acceptors (Lipinski definition) is 2. The SMILES string of the molecule is CNC(=O)CNC(=O)c1ccccc1Br. The van der Waals surface area contributed by atoms with Crippen molar-refractivity contribution in [3.05, 3.63) is 34.3 Å². The van der Waals surface area contributed by atoms with E-state index in [1.54, 1.807) is 18.2 Å². The average Bonchev–Trinajstić information content (AvgIpc) is 2.26. The third-order valence-corrected chi connectivity index (χ3v) is 2.50. The molecular weight excluding hydrogens is 260 g/mol. The van der Waals surface area contributed by atoms with Crippen molar-refractivity contribution < 1.29 is 9.59 Å². The van der Waals surface area contributed by atoms with Crippen LogP contribution in [0.4, 0.5) is 0 Å². The van der Waals surface area contributed by atoms with Crippen molar-refractivity contribution in [3.63, 3.8) is 0 Å². The van der Waals surface area contributed by atoms with Crippen molar-refractivity contribution in [1.29, 1.82) is 0 Å². The smallest absolute Gasteiger partial charge is 0.252 e. The molecule has 0 heterocycles. The van der Waals surface area contributed by atoms with Gasteiger partial charge < -0.3 is 10.6 Å². The van der Waals surface area contributed by atoms with Gasteiger partial charge in [-0.05, 0) is 28.1 Å². The minimum absolute atomic E-state index is 0.0172. The summed E-state index contributed by atoms with van der Waals surface area (Å²) in [6.45, 7) is -0.0172. The Bertz CT molecular complexity index is 379. The summed E-state index contributed by atoms with van der Waals surface area (Å²) in [4.78, 5) is 22.5. The summed E-state index contributed by atoms with van der Waals surface area (Å²) in [7, 11) is 1.52. The van der Waals surface area contributed by atoms with E-state index in [9.17, 15) is 9.59 Å². The molecule has 0 atom stereocenters. The lowest BCUT2D eigenvalue weighted by Crippen LogP contribution is -2.35. The van der Waals surface area contributed by atoms with Gasteiger partial charge >= 0.3 is 0 Å². The van der Waals surface area contributed by atoms with Gasteiger partial charge in [-0.2, -0.15) is 0 Å². The van der Waals surface area contributed by atoms with Crippen LogP contribution in [-0.4, -0.2) is 25.4 Å². The molecule has 2 N–H and O–H groups in total. The highest BCUT2D eigenvalue weighted by molar-refractivity contribution is 9.10. The third kappa shape index (κ3) is 3.36. The first kappa shape index (κ1) is 11.7. The molecule has 0 saturated heterocycles. The molecule has 0 aromatic heterocycles. The molecule has 0 aliphatic carbocycles. The monoisotopic (exact) mass is 270 g/mol. The predicted molar refractivity (Wildman–Crippen MR) is 60.5 cm³/mol. The molecule has 80 valence electrons. The number of hydrogen-bond donors (Lipinski definition) is 2. The Morgan fingerprint density at radius 2 is 2.00 bits per heavy atom. The largest absolute Gasteiger partial charge is 0.358 e. The quantitative estimate of drug-likeness (QED) is 0.859. The molecular formula is C10H11BrN2O2. The number of halogens is 1. The van der Waals surface area contributed by atoms with E-state index in [0.29, 0.717) is 10.0 Å². The van der Waals surface area contributed by atoms with E-state index in [-0.39, 0.29) is 18.4 Å². The van der Waals surface area contributed by atoms with Crippen LogP contribution >= 0.6 is 15.9 Å². The molecule has 2 amide bonds. The number of rotatable bonds is 3. The van der Waals surface area contributed by atoms with Crippen LogP contribution in [0.1, 0.15) is 10.4 Å². The lowest BCUT2D eigenvalue weighted by molar-refractivity contribution is -0.119. The van der Waals surface area contributed by atoms with Gasteiger partial charge in [0.1, 0.15) is 0 Å². The van der Waals surface area contributed by atoms with Crippen LogP contribution in [0, 0.1) is 0 Å². The number of likely N-dealkylation sites (N-methyl/N-ethyl adjacent to an activating group) is 1. The molecule has 0 radical (unpaired) electrons. The van der Waals surface area contributed by atoms with E-state index >= 15 is 0 Å². The fourth-order valence-corrected chi connectivity index (χ4v) is 1.45. The van der Waals surface area contributed by atoms with Gasteiger partial charge in [0.15, 0.2) is 0 Å². The normalized spacial score (nSPS) is 9.47. The molecule has 0 fully saturated rings. The number of amides is 2. The van der Waals surface area contributed by atoms with Crippen molar-refractivity contribution in [2.45, 2.75) is 0 Å². The Morgan fingerprint density at radius 3 is 2.60 bits per heavy atom. The van der Waals surface area contributed by atoms with Gasteiger partial charge in [-0.25, -0.2) is 0 Å². The Morgan fingerprint density at radius 1 is 1.33 bits per heavy atom. The average molecular weight is 271 g/mol. The zero-order valence-electron chi connectivity index (χ0n) is 8.21. The van der Waals surface area contributed by atoms with Gasteiger partial charge in [0.25, 0.3) is 5.91 Å². The first-order valence-corrected chi connectivity index (χ1v) is 5.17. The molecule has 1 aromatic carbocycles. The zero-order valence-corrected chi connectivity index (χ0v) is 9.80. The van der Waals surface area contributed by atoms with Crippen molar-refractivity contribution >= 4 is 27.7 Å². The van der Waals surface area contributed by atoms with E-state index in [2.05, 4.69) is 26.6 Å². The van der Waals surface area contributed by atoms with Crippen LogP contribution in [0.3, 0.4) is 0 Å². The van der Waals surface area contributed by atoms with Crippen LogP contribution in [0.15, 0.2) is 28.7 Å². The second kappa shape index (κ2) is 5.50. The lowest BCUT2D eigenvalue weighted by Gasteiger charge is -2.05. The molecule has 4 nitrogen and oxygen atoms in total. The van der Waals surface area contributed by atoms with Crippen molar-refractivity contribution in [2.75, 3.05) is 13.6 Å². The number of carbonyl (C=O) groups excluding carboxylic acids is 2. The summed E-state index contributed by atoms with van der Waals surface area (Å²) in [5, 5.41) is 4.93. The van der Waals surface area contributed by atoms with Crippen LogP contribution in [-0.2, 0) is 4.79 Å². The summed E-state index contributed by atoms with van der Waals surface area (Å²) in [5.41, 5.74) is 0.515. The van der Waals surface area contributed by atoms with Gasteiger partial charge in [0, 0.05) is 11.5 Å². The summed E-state index contributed by atoms with van der Waals surface area (Å²) >= 11 is 3.26. The van der Waals surface area contributed by atoms with E-state index in [1.165, 1.54) is 7.05 Å². The number of carbonyl (C=O) groups is 2. The van der Waals surface area contributed by atoms with Crippen LogP contribution < -0.4 is 10.6 Å². The summed E-state index contributed by atoms with van der Waals surface area (Å²) in [5.74, 6) is -0.499. The Hall–Kier alpha value is -1.36. The maximum Gasteiger partial charge on any atom is 0.252 e. The molecule has 0 spiro atoms. The Kier molecular flexibility index (Phi) is 4.30. The van der Waals surface area contributed by atoms with Gasteiger partial charge in [0.2, 0.25) is 5.91 Å². The highest BCUT2D eigenvalue weighted by Crippen LogP contribution is 2.15. The minimum atomic E-state index is -0.272. The molecule has 0 aliphatic heterocycles. The van der Waals surface area contributed by atoms with Gasteiger partial charge in [-0.1, -0.05) is 12.1 Å². The van der Waals surface area contributed by atoms with Crippen LogP contribution in [0.25, 0.3) is 0 Å². The lowest BCUT2D eigenvalue weighted by atomic mass is 10.2. The maximum absolute atomic E-state index is 11.6. The minimum Gasteiger partial charge on any atom is -0.358 e. The predicted octanol–water partition coefficient (Wildman–Crippen LogP) is 0.925. The topological polar surface area (TPSA) is 58.2 Å². The number of benzene rings is 1. The van der Waals surface area contributed by atoms with Crippen molar-refractivity contribution in [1.82, 2.24) is 10.6 Å². The Balaban J connectivity index is 2.62. The standard InChI is InChI=1S/C10H11BrN2O2/c1-12-9(14)6-13-10(15)7-4-2-3-5-8(7)11/h2-5H,6H2,1H3,(H,12,14)(H,13,15). The van der Waals surface area contributed by atoms with E-state index < -0.39 is 0 Å². The summed E-state index contributed by atoms with van der Waals surface area (Å²) in [6, 6.07) is 7.04. The zero-order chi connectivity index (χ0) is 11.3. The van der Waals surface area contributed by atoms with E-state index in [1.807, 2.05) is 6.07 Å². The molecule has 0 bridgehead atoms. The summed E-state index contributed by atoms with van der Waals surface area (Å²) in [6.07, 6.45) is 0. The number of nitrogens with one attached hydrogen (secondary N) is 2. The van der Waals surface area contributed by atoms with Crippen molar-refractivity contribution in [3.8, 4) is 0 Å². The highest BCUT2D eigenvalue weighted by Gasteiger charge is 2.09. The first-order valence-electron chi connectivity index (χ1n) is 4.38. The second-order valence-corrected chi connectivity index (χ2v) is 3.69. The van der Waals surface area contributed by atoms with Gasteiger partial charge in [-0.15, -0.1) is 0 Å². The highest BCUT2D eigenvalue weighted by atomic mass is 79.9. The first-order chi connectivity index (χ1) is 7.15. The van der Waals surface area contributed by atoms with E-state index in [4.69, 9.17) is 0 Å². The fourth-order valence-electron chi connectivity index (χ4n) is 0.990. The molecule has 0 unspecified atom stereocenters. The third-order valence-electron chi connectivity index (χ3n) is 1.81. The maximum atomic E-state index is 11.6. The molecule has 1 rings (SSSR count). The van der Waals surface area contributed by atoms with Crippen LogP contribution in [0.2, 0.25) is 0 Å². The molecule has 5 heteroatoms. The second-order valence-electron chi connectivity index (χ2n) is 2.84. The molecule has 1 aromatic rings. The van der Waals surface area contributed by atoms with Crippen molar-refractivity contribution in [2.24, 2.45) is 0 Å². The van der Waals surface area contributed by atoms with Crippen LogP contribution in [0.5, 0.6) is 0 Å². The molecule has 0 saturated carbocycles. The fraction of sp³-hybridized carbons (Fsp3) is 0.200. The van der Waals surface area contributed by atoms with Gasteiger partial charge in [0.05, 0.1) is 12.1 Å². The van der Waals surface area contributed by atoms with Gasteiger partial charge in [-0.3, -0.25) is 9.59 Å². The van der Waals surface area contributed by atoms with E-state index in [0.717, 1.165) is 0 Å². The molecule has 0 aliphatic rings. The molecule has 15 heavy (non-hydrogen) atoms. The summed E-state index contributed by atoms with van der Waals surface area (Å²) < 4.78 is 0.708. The Labute approximate surface area is 96.2 Å².